The summed E-state index contributed by atoms with van der Waals surface area (Å²) < 4.78 is 56.4. The van der Waals surface area contributed by atoms with E-state index in [2.05, 4.69) is 4.98 Å². The maximum absolute atomic E-state index is 14.8. The van der Waals surface area contributed by atoms with Crippen molar-refractivity contribution < 1.29 is 22.4 Å². The molecule has 2 N–H and O–H groups in total. The molecule has 2 aromatic carbocycles. The number of nitrogens with zero attached hydrogens (tertiary/aromatic N) is 2. The summed E-state index contributed by atoms with van der Waals surface area (Å²) in [7, 11) is -4.44. The number of rotatable bonds is 5. The Bertz CT molecular complexity index is 1680. The van der Waals surface area contributed by atoms with Gasteiger partial charge in [0.25, 0.3) is 5.56 Å². The molecule has 2 aromatic heterocycles. The summed E-state index contributed by atoms with van der Waals surface area (Å²) in [4.78, 5) is 25.5. The maximum atomic E-state index is 14.8. The molecule has 8 nitrogen and oxygen atoms in total. The van der Waals surface area contributed by atoms with Crippen LogP contribution in [0.4, 0.5) is 8.78 Å². The van der Waals surface area contributed by atoms with Gasteiger partial charge in [-0.15, -0.1) is 0 Å². The normalized spacial score (nSPS) is 18.3. The molecule has 1 fully saturated rings. The zero-order valence-electron chi connectivity index (χ0n) is 16.8. The average Bonchev–Trinajstić information content (AvgIpc) is 3.31. The van der Waals surface area contributed by atoms with Gasteiger partial charge in [-0.25, -0.2) is 22.0 Å². The lowest BCUT2D eigenvalue weighted by Crippen LogP contribution is -2.33. The second-order valence-electron chi connectivity index (χ2n) is 7.99. The molecular formula is C21H16ClF2N3O5S. The molecule has 0 saturated heterocycles. The van der Waals surface area contributed by atoms with Gasteiger partial charge in [-0.3, -0.25) is 4.79 Å². The molecule has 0 unspecified atom stereocenters. The summed E-state index contributed by atoms with van der Waals surface area (Å²) in [5.74, 6) is -0.823. The number of H-pyrrole nitrogens is 1. The van der Waals surface area contributed by atoms with Crippen molar-refractivity contribution in [2.75, 3.05) is 0 Å². The quantitative estimate of drug-likeness (QED) is 0.412. The highest BCUT2D eigenvalue weighted by Crippen LogP contribution is 2.38. The van der Waals surface area contributed by atoms with E-state index in [1.165, 1.54) is 12.1 Å². The molecule has 33 heavy (non-hydrogen) atoms. The van der Waals surface area contributed by atoms with Gasteiger partial charge in [0.05, 0.1) is 31.2 Å². The van der Waals surface area contributed by atoms with E-state index in [1.54, 1.807) is 10.8 Å². The highest BCUT2D eigenvalue weighted by molar-refractivity contribution is 7.91. The first-order valence-electron chi connectivity index (χ1n) is 9.94. The zero-order valence-corrected chi connectivity index (χ0v) is 18.3. The molecule has 5 rings (SSSR count). The van der Waals surface area contributed by atoms with Crippen LogP contribution in [0.1, 0.15) is 12.8 Å². The third-order valence-corrected chi connectivity index (χ3v) is 8.03. The molecule has 2 heterocycles. The van der Waals surface area contributed by atoms with E-state index in [9.17, 15) is 32.0 Å². The van der Waals surface area contributed by atoms with E-state index >= 15 is 0 Å². The molecule has 0 radical (unpaired) electrons. The summed E-state index contributed by atoms with van der Waals surface area (Å²) in [6.45, 7) is 0.394. The molecule has 0 aliphatic heterocycles. The van der Waals surface area contributed by atoms with Crippen molar-refractivity contribution in [3.63, 3.8) is 0 Å². The first-order valence-corrected chi connectivity index (χ1v) is 11.8. The first kappa shape index (κ1) is 21.7. The molecular weight excluding hydrogens is 480 g/mol. The minimum Gasteiger partial charge on any atom is -0.421 e. The van der Waals surface area contributed by atoms with Crippen LogP contribution in [0.15, 0.2) is 55.9 Å². The van der Waals surface area contributed by atoms with Crippen LogP contribution < -0.4 is 11.2 Å². The van der Waals surface area contributed by atoms with Gasteiger partial charge in [-0.1, -0.05) is 16.3 Å². The Labute approximate surface area is 189 Å². The van der Waals surface area contributed by atoms with Gasteiger partial charge < -0.3 is 14.8 Å². The molecule has 0 spiro atoms. The van der Waals surface area contributed by atoms with Gasteiger partial charge in [0.2, 0.25) is 9.84 Å². The van der Waals surface area contributed by atoms with Crippen molar-refractivity contribution in [3.8, 4) is 0 Å². The van der Waals surface area contributed by atoms with Crippen LogP contribution in [0.5, 0.6) is 0 Å². The fourth-order valence-corrected chi connectivity index (χ4v) is 5.68. The smallest absolute Gasteiger partial charge is 0.362 e. The highest BCUT2D eigenvalue weighted by Gasteiger charge is 2.36. The van der Waals surface area contributed by atoms with Crippen molar-refractivity contribution in [2.45, 2.75) is 35.3 Å². The molecule has 1 aliphatic rings. The molecule has 0 bridgehead atoms. The van der Waals surface area contributed by atoms with E-state index in [4.69, 9.17) is 11.6 Å². The van der Waals surface area contributed by atoms with Gasteiger partial charge in [-0.2, -0.15) is 0 Å². The number of aromatic nitrogens is 3. The number of aromatic amines is 1. The third kappa shape index (κ3) is 3.42. The van der Waals surface area contributed by atoms with Crippen LogP contribution in [0, 0.1) is 11.7 Å². The monoisotopic (exact) mass is 495 g/mol. The summed E-state index contributed by atoms with van der Waals surface area (Å²) >= 11 is 6.01. The number of hydrogen-bond acceptors (Lipinski definition) is 5. The van der Waals surface area contributed by atoms with Gasteiger partial charge in [0.15, 0.2) is 0 Å². The van der Waals surface area contributed by atoms with E-state index < -0.39 is 53.8 Å². The van der Waals surface area contributed by atoms with Crippen molar-refractivity contribution in [2.24, 2.45) is 5.92 Å². The van der Waals surface area contributed by atoms with Crippen LogP contribution in [-0.4, -0.2) is 34.1 Å². The topological polar surface area (TPSA) is 114 Å². The number of halogens is 3. The van der Waals surface area contributed by atoms with Crippen molar-refractivity contribution in [3.05, 3.63) is 68.2 Å². The van der Waals surface area contributed by atoms with Crippen molar-refractivity contribution in [1.82, 2.24) is 14.3 Å². The Kier molecular flexibility index (Phi) is 4.87. The third-order valence-electron chi connectivity index (χ3n) is 5.94. The van der Waals surface area contributed by atoms with Crippen LogP contribution >= 0.6 is 11.6 Å². The fourth-order valence-electron chi connectivity index (χ4n) is 3.99. The lowest BCUT2D eigenvalue weighted by atomic mass is 10.2. The second kappa shape index (κ2) is 7.42. The Morgan fingerprint density at radius 2 is 1.94 bits per heavy atom. The molecule has 172 valence electrons. The van der Waals surface area contributed by atoms with Crippen LogP contribution in [0.2, 0.25) is 5.02 Å². The van der Waals surface area contributed by atoms with E-state index in [1.807, 2.05) is 0 Å². The predicted octanol–water partition coefficient (Wildman–Crippen LogP) is 3.26. The van der Waals surface area contributed by atoms with Crippen LogP contribution in [0.25, 0.3) is 21.8 Å². The van der Waals surface area contributed by atoms with Crippen molar-refractivity contribution >= 4 is 43.2 Å². The SMILES string of the molecule is O=c1[nH]c2c(S(=O)(=O)c3cc(F)c4ccn(CC[C@H]5C[C@@H]5F)c4c3)ccc(Cl)c2c(=O)n1O. The fraction of sp³-hybridized carbons (Fsp3) is 0.238. The number of sulfone groups is 1. The standard InChI is InChI=1S/C21H16ClF2N3O5S/c22-13-1-2-17(19-18(13)20(28)27(30)21(29)25-19)33(31,32)11-8-15(24)12-4-6-26(16(12)9-11)5-3-10-7-14(10)23/h1-2,4,6,8-10,14,30H,3,5,7H2,(H,25,29)/t10-,14-/m0/s1. The predicted molar refractivity (Wildman–Crippen MR) is 116 cm³/mol. The van der Waals surface area contributed by atoms with Gasteiger partial charge in [0, 0.05) is 18.1 Å². The van der Waals surface area contributed by atoms with Crippen LogP contribution in [-0.2, 0) is 16.4 Å². The number of benzene rings is 2. The van der Waals surface area contributed by atoms with E-state index in [0.717, 1.165) is 18.2 Å². The first-order chi connectivity index (χ1) is 15.6. The van der Waals surface area contributed by atoms with Crippen LogP contribution in [0.3, 0.4) is 0 Å². The number of aryl methyl sites for hydroxylation is 1. The molecule has 12 heteroatoms. The minimum atomic E-state index is -4.44. The average molecular weight is 496 g/mol. The summed E-state index contributed by atoms with van der Waals surface area (Å²) in [6.07, 6.45) is 1.81. The lowest BCUT2D eigenvalue weighted by molar-refractivity contribution is 0.162. The van der Waals surface area contributed by atoms with E-state index in [0.29, 0.717) is 24.9 Å². The van der Waals surface area contributed by atoms with Gasteiger partial charge in [0.1, 0.15) is 12.0 Å². The Morgan fingerprint density at radius 3 is 2.64 bits per heavy atom. The van der Waals surface area contributed by atoms with Gasteiger partial charge >= 0.3 is 5.69 Å². The highest BCUT2D eigenvalue weighted by atomic mass is 35.5. The number of nitrogens with one attached hydrogen (secondary N) is 1. The largest absolute Gasteiger partial charge is 0.421 e. The molecule has 4 aromatic rings. The molecule has 1 aliphatic carbocycles. The number of fused-ring (bicyclic) bond motifs is 2. The Morgan fingerprint density at radius 1 is 1.21 bits per heavy atom. The molecule has 1 saturated carbocycles. The molecule has 0 amide bonds. The summed E-state index contributed by atoms with van der Waals surface area (Å²) in [5.41, 5.74) is -2.54. The molecule has 2 atom stereocenters. The summed E-state index contributed by atoms with van der Waals surface area (Å²) in [6, 6.07) is 5.88. The Balaban J connectivity index is 1.68. The number of hydrogen-bond donors (Lipinski definition) is 2. The lowest BCUT2D eigenvalue weighted by Gasteiger charge is -2.11. The summed E-state index contributed by atoms with van der Waals surface area (Å²) in [5, 5.41) is 9.20. The van der Waals surface area contributed by atoms with Crippen molar-refractivity contribution in [1.29, 1.82) is 0 Å². The minimum absolute atomic E-state index is 0.0490. The Hall–Kier alpha value is -3.18. The zero-order chi connectivity index (χ0) is 23.7. The maximum Gasteiger partial charge on any atom is 0.362 e. The second-order valence-corrected chi connectivity index (χ2v) is 10.3. The van der Waals surface area contributed by atoms with E-state index in [-0.39, 0.29) is 21.1 Å². The number of alkyl halides is 1. The van der Waals surface area contributed by atoms with Gasteiger partial charge in [-0.05, 0) is 49.1 Å².